The average Bonchev–Trinajstić information content (AvgIpc) is 3.18. The summed E-state index contributed by atoms with van der Waals surface area (Å²) in [5, 5.41) is 15.7. The quantitative estimate of drug-likeness (QED) is 0.430. The molecule has 1 amide bonds. The molecule has 0 aliphatic heterocycles. The van der Waals surface area contributed by atoms with Gasteiger partial charge in [-0.15, -0.1) is 11.3 Å². The number of anilines is 1. The summed E-state index contributed by atoms with van der Waals surface area (Å²) in [5.41, 5.74) is 2.88. The molecule has 0 saturated heterocycles. The lowest BCUT2D eigenvalue weighted by Crippen LogP contribution is -2.11. The number of methoxy groups -OCH3 is 1. The monoisotopic (exact) mass is 412 g/mol. The van der Waals surface area contributed by atoms with E-state index in [-0.39, 0.29) is 11.4 Å². The first-order valence-corrected chi connectivity index (χ1v) is 9.66. The Balaban J connectivity index is 1.70. The fraction of sp³-hybridized carbons (Fsp3) is 0.190. The van der Waals surface area contributed by atoms with E-state index in [0.717, 1.165) is 22.4 Å². The van der Waals surface area contributed by atoms with Gasteiger partial charge >= 0.3 is 0 Å². The van der Waals surface area contributed by atoms with Crippen molar-refractivity contribution in [1.82, 2.24) is 0 Å². The number of hydrogen-bond donors (Lipinski definition) is 1. The molecule has 0 aliphatic carbocycles. The molecule has 8 heteroatoms. The minimum absolute atomic E-state index is 0.113. The smallest absolute Gasteiger partial charge is 0.296 e. The van der Waals surface area contributed by atoms with Gasteiger partial charge in [0.05, 0.1) is 23.0 Å². The predicted octanol–water partition coefficient (Wildman–Crippen LogP) is 5.11. The second kappa shape index (κ2) is 8.74. The maximum absolute atomic E-state index is 12.5. The van der Waals surface area contributed by atoms with Crippen molar-refractivity contribution in [1.29, 1.82) is 0 Å². The van der Waals surface area contributed by atoms with Crippen molar-refractivity contribution in [3.05, 3.63) is 79.5 Å². The Morgan fingerprint density at radius 1 is 1.17 bits per heavy atom. The lowest BCUT2D eigenvalue weighted by Gasteiger charge is -2.09. The number of nitro benzene ring substituents is 1. The molecule has 3 rings (SSSR count). The number of carbonyl (C=O) groups is 1. The number of rotatable bonds is 7. The number of ether oxygens (including phenoxy) is 2. The Hall–Kier alpha value is -3.39. The van der Waals surface area contributed by atoms with Crippen LogP contribution in [-0.2, 0) is 6.61 Å². The maximum Gasteiger partial charge on any atom is 0.296 e. The summed E-state index contributed by atoms with van der Waals surface area (Å²) in [7, 11) is 1.42. The Bertz CT molecular complexity index is 1060. The first-order valence-electron chi connectivity index (χ1n) is 8.78. The molecular formula is C21H20N2O5S. The highest BCUT2D eigenvalue weighted by atomic mass is 32.1. The molecule has 0 saturated carbocycles. The van der Waals surface area contributed by atoms with E-state index in [2.05, 4.69) is 5.32 Å². The van der Waals surface area contributed by atoms with Crippen molar-refractivity contribution in [2.45, 2.75) is 20.5 Å². The second-order valence-corrected chi connectivity index (χ2v) is 7.38. The highest BCUT2D eigenvalue weighted by Crippen LogP contribution is 2.30. The normalized spacial score (nSPS) is 10.4. The molecule has 0 atom stereocenters. The number of hydrogen-bond acceptors (Lipinski definition) is 6. The molecule has 29 heavy (non-hydrogen) atoms. The van der Waals surface area contributed by atoms with Gasteiger partial charge in [0.15, 0.2) is 0 Å². The van der Waals surface area contributed by atoms with E-state index in [9.17, 15) is 14.9 Å². The third kappa shape index (κ3) is 4.91. The molecule has 2 aromatic carbocycles. The second-order valence-electron chi connectivity index (χ2n) is 6.47. The molecular weight excluding hydrogens is 392 g/mol. The van der Waals surface area contributed by atoms with E-state index in [1.165, 1.54) is 30.6 Å². The van der Waals surface area contributed by atoms with Crippen LogP contribution in [0.1, 0.15) is 26.4 Å². The third-order valence-corrected chi connectivity index (χ3v) is 5.24. The van der Waals surface area contributed by atoms with Gasteiger partial charge in [-0.25, -0.2) is 0 Å². The Morgan fingerprint density at radius 3 is 2.69 bits per heavy atom. The van der Waals surface area contributed by atoms with Crippen LogP contribution in [-0.4, -0.2) is 17.9 Å². The van der Waals surface area contributed by atoms with Crippen molar-refractivity contribution in [3.63, 3.8) is 0 Å². The molecule has 0 radical (unpaired) electrons. The molecule has 3 aromatic rings. The van der Waals surface area contributed by atoms with Crippen LogP contribution in [0, 0.1) is 24.0 Å². The standard InChI is InChI=1S/C21H20N2O5S/c1-13-4-5-14(2)19(8-13)28-11-15-9-20(29-12-15)21(24)22-17-7-6-16(27-3)10-18(17)23(25)26/h4-10,12H,11H2,1-3H3,(H,22,24). The Morgan fingerprint density at radius 2 is 1.97 bits per heavy atom. The van der Waals surface area contributed by atoms with Gasteiger partial charge in [-0.2, -0.15) is 0 Å². The fourth-order valence-corrected chi connectivity index (χ4v) is 3.47. The van der Waals surface area contributed by atoms with E-state index >= 15 is 0 Å². The molecule has 1 aromatic heterocycles. The highest BCUT2D eigenvalue weighted by molar-refractivity contribution is 7.12. The van der Waals surface area contributed by atoms with E-state index in [1.807, 2.05) is 37.4 Å². The zero-order valence-electron chi connectivity index (χ0n) is 16.2. The first-order chi connectivity index (χ1) is 13.9. The van der Waals surface area contributed by atoms with E-state index in [4.69, 9.17) is 9.47 Å². The number of benzene rings is 2. The molecule has 0 aliphatic rings. The van der Waals surface area contributed by atoms with E-state index in [1.54, 1.807) is 12.1 Å². The van der Waals surface area contributed by atoms with Crippen LogP contribution in [0.5, 0.6) is 11.5 Å². The number of nitrogens with one attached hydrogen (secondary N) is 1. The predicted molar refractivity (Wildman–Crippen MR) is 112 cm³/mol. The van der Waals surface area contributed by atoms with Gasteiger partial charge in [0.2, 0.25) is 0 Å². The van der Waals surface area contributed by atoms with Crippen molar-refractivity contribution in [2.75, 3.05) is 12.4 Å². The van der Waals surface area contributed by atoms with Crippen molar-refractivity contribution >= 4 is 28.6 Å². The third-order valence-electron chi connectivity index (χ3n) is 4.27. The van der Waals surface area contributed by atoms with Gasteiger partial charge in [0, 0.05) is 5.56 Å². The van der Waals surface area contributed by atoms with Crippen molar-refractivity contribution in [3.8, 4) is 11.5 Å². The zero-order valence-corrected chi connectivity index (χ0v) is 17.0. The summed E-state index contributed by atoms with van der Waals surface area (Å²) >= 11 is 1.25. The average molecular weight is 412 g/mol. The van der Waals surface area contributed by atoms with Gasteiger partial charge in [-0.3, -0.25) is 14.9 Å². The SMILES string of the molecule is COc1ccc(NC(=O)c2cc(COc3cc(C)ccc3C)cs2)c([N+](=O)[O-])c1. The van der Waals surface area contributed by atoms with Crippen LogP contribution in [0.2, 0.25) is 0 Å². The summed E-state index contributed by atoms with van der Waals surface area (Å²) in [6, 6.07) is 12.0. The number of thiophene rings is 1. The fourth-order valence-electron chi connectivity index (χ4n) is 2.67. The van der Waals surface area contributed by atoms with E-state index < -0.39 is 10.8 Å². The molecule has 0 spiro atoms. The lowest BCUT2D eigenvalue weighted by atomic mass is 10.1. The largest absolute Gasteiger partial charge is 0.496 e. The summed E-state index contributed by atoms with van der Waals surface area (Å²) in [5.74, 6) is 0.731. The Kier molecular flexibility index (Phi) is 6.13. The minimum atomic E-state index is -0.560. The van der Waals surface area contributed by atoms with Crippen LogP contribution in [0.4, 0.5) is 11.4 Å². The molecule has 0 bridgehead atoms. The number of carbonyl (C=O) groups excluding carboxylic acids is 1. The van der Waals surface area contributed by atoms with Gasteiger partial charge in [-0.05, 0) is 54.6 Å². The van der Waals surface area contributed by atoms with Crippen molar-refractivity contribution < 1.29 is 19.2 Å². The van der Waals surface area contributed by atoms with Crippen LogP contribution >= 0.6 is 11.3 Å². The Labute approximate surface area is 172 Å². The molecule has 1 heterocycles. The van der Waals surface area contributed by atoms with Crippen LogP contribution in [0.15, 0.2) is 47.8 Å². The van der Waals surface area contributed by atoms with Crippen LogP contribution in [0.3, 0.4) is 0 Å². The lowest BCUT2D eigenvalue weighted by molar-refractivity contribution is -0.384. The summed E-state index contributed by atoms with van der Waals surface area (Å²) in [6.45, 7) is 4.30. The highest BCUT2D eigenvalue weighted by Gasteiger charge is 2.19. The summed E-state index contributed by atoms with van der Waals surface area (Å²) < 4.78 is 10.9. The molecule has 0 unspecified atom stereocenters. The molecule has 7 nitrogen and oxygen atoms in total. The number of nitrogens with zero attached hydrogens (tertiary/aromatic N) is 1. The maximum atomic E-state index is 12.5. The first kappa shape index (κ1) is 20.3. The molecule has 1 N–H and O–H groups in total. The van der Waals surface area contributed by atoms with Gasteiger partial charge in [-0.1, -0.05) is 12.1 Å². The van der Waals surface area contributed by atoms with Gasteiger partial charge < -0.3 is 14.8 Å². The molecule has 0 fully saturated rings. The van der Waals surface area contributed by atoms with E-state index in [0.29, 0.717) is 17.2 Å². The number of nitro groups is 1. The summed E-state index contributed by atoms with van der Waals surface area (Å²) in [6.07, 6.45) is 0. The van der Waals surface area contributed by atoms with Crippen LogP contribution < -0.4 is 14.8 Å². The van der Waals surface area contributed by atoms with Gasteiger partial charge in [0.25, 0.3) is 11.6 Å². The minimum Gasteiger partial charge on any atom is -0.496 e. The van der Waals surface area contributed by atoms with Gasteiger partial charge in [0.1, 0.15) is 23.8 Å². The molecule has 150 valence electrons. The topological polar surface area (TPSA) is 90.7 Å². The number of amides is 1. The van der Waals surface area contributed by atoms with Crippen molar-refractivity contribution in [2.24, 2.45) is 0 Å². The number of aryl methyl sites for hydroxylation is 2. The zero-order chi connectivity index (χ0) is 21.0. The summed E-state index contributed by atoms with van der Waals surface area (Å²) in [4.78, 5) is 23.7. The van der Waals surface area contributed by atoms with Crippen LogP contribution in [0.25, 0.3) is 0 Å².